The highest BCUT2D eigenvalue weighted by molar-refractivity contribution is 9.10. The molecule has 0 radical (unpaired) electrons. The molecule has 2 bridgehead atoms. The number of hydrogen-bond acceptors (Lipinski definition) is 3. The van der Waals surface area contributed by atoms with Gasteiger partial charge in [-0.05, 0) is 60.7 Å². The maximum atomic E-state index is 12.1. The summed E-state index contributed by atoms with van der Waals surface area (Å²) in [6.45, 7) is 5.65. The summed E-state index contributed by atoms with van der Waals surface area (Å²) in [7, 11) is 0. The van der Waals surface area contributed by atoms with Crippen LogP contribution >= 0.6 is 15.9 Å². The number of carbonyl (C=O) groups excluding carboxylic acids is 1. The smallest absolute Gasteiger partial charge is 0.246 e. The predicted molar refractivity (Wildman–Crippen MR) is 92.1 cm³/mol. The summed E-state index contributed by atoms with van der Waals surface area (Å²) >= 11 is 3.58. The summed E-state index contributed by atoms with van der Waals surface area (Å²) in [5.41, 5.74) is 2.11. The van der Waals surface area contributed by atoms with Crippen LogP contribution in [-0.2, 0) is 4.79 Å². The first-order chi connectivity index (χ1) is 11.1. The zero-order valence-electron chi connectivity index (χ0n) is 13.1. The first kappa shape index (κ1) is 14.9. The summed E-state index contributed by atoms with van der Waals surface area (Å²) in [4.78, 5) is 18.5. The van der Waals surface area contributed by atoms with Crippen molar-refractivity contribution >= 4 is 32.7 Å². The van der Waals surface area contributed by atoms with E-state index in [-0.39, 0.29) is 5.91 Å². The first-order valence-electron chi connectivity index (χ1n) is 8.04. The predicted octanol–water partition coefficient (Wildman–Crippen LogP) is 3.38. The lowest BCUT2D eigenvalue weighted by Crippen LogP contribution is -2.46. The highest BCUT2D eigenvalue weighted by atomic mass is 79.9. The average Bonchev–Trinajstić information content (AvgIpc) is 3.02. The molecule has 1 unspecified atom stereocenters. The number of hydrogen-bond donors (Lipinski definition) is 0. The van der Waals surface area contributed by atoms with Crippen molar-refractivity contribution in [2.45, 2.75) is 50.7 Å². The first-order valence-corrected chi connectivity index (χ1v) is 8.83. The minimum Gasteiger partial charge on any atom is -0.333 e. The lowest BCUT2D eigenvalue weighted by atomic mass is 9.97. The van der Waals surface area contributed by atoms with E-state index in [2.05, 4.69) is 32.2 Å². The second-order valence-electron chi connectivity index (χ2n) is 6.49. The zero-order valence-corrected chi connectivity index (χ0v) is 14.7. The minimum absolute atomic E-state index is 0.0718. The Morgan fingerprint density at radius 1 is 1.35 bits per heavy atom. The number of aromatic nitrogens is 3. The summed E-state index contributed by atoms with van der Waals surface area (Å²) < 4.78 is 2.99. The van der Waals surface area contributed by atoms with Crippen LogP contribution in [0.5, 0.6) is 0 Å². The number of aryl methyl sites for hydroxylation is 1. The van der Waals surface area contributed by atoms with Gasteiger partial charge in [0.2, 0.25) is 5.91 Å². The van der Waals surface area contributed by atoms with Gasteiger partial charge in [0.15, 0.2) is 0 Å². The number of fused-ring (bicyclic) bond motifs is 3. The molecule has 2 aromatic heterocycles. The fourth-order valence-electron chi connectivity index (χ4n) is 4.29. The Bertz CT molecular complexity index is 785. The van der Waals surface area contributed by atoms with Gasteiger partial charge in [0.1, 0.15) is 4.60 Å². The topological polar surface area (TPSA) is 51.0 Å². The normalized spacial score (nSPS) is 26.7. The molecular weight excluding hydrogens is 356 g/mol. The summed E-state index contributed by atoms with van der Waals surface area (Å²) in [6, 6.07) is 2.98. The van der Waals surface area contributed by atoms with E-state index < -0.39 is 0 Å². The second-order valence-corrected chi connectivity index (χ2v) is 7.24. The molecule has 5 nitrogen and oxygen atoms in total. The lowest BCUT2D eigenvalue weighted by molar-refractivity contribution is -0.130. The summed E-state index contributed by atoms with van der Waals surface area (Å²) in [5, 5.41) is 5.82. The molecule has 6 heteroatoms. The van der Waals surface area contributed by atoms with Crippen molar-refractivity contribution < 1.29 is 4.79 Å². The van der Waals surface area contributed by atoms with E-state index in [9.17, 15) is 4.79 Å². The van der Waals surface area contributed by atoms with Gasteiger partial charge in [-0.2, -0.15) is 5.10 Å². The van der Waals surface area contributed by atoms with Crippen LogP contribution in [0.25, 0.3) is 10.9 Å². The Labute approximate surface area is 143 Å². The van der Waals surface area contributed by atoms with Crippen molar-refractivity contribution in [2.24, 2.45) is 0 Å². The molecule has 4 heterocycles. The van der Waals surface area contributed by atoms with Crippen molar-refractivity contribution in [2.75, 3.05) is 0 Å². The minimum atomic E-state index is 0.0718. The van der Waals surface area contributed by atoms with Gasteiger partial charge in [-0.1, -0.05) is 6.58 Å². The van der Waals surface area contributed by atoms with Crippen LogP contribution in [0, 0.1) is 6.92 Å². The van der Waals surface area contributed by atoms with E-state index in [0.717, 1.165) is 46.9 Å². The zero-order chi connectivity index (χ0) is 16.1. The number of halogens is 1. The molecule has 0 aliphatic carbocycles. The molecule has 4 rings (SSSR count). The van der Waals surface area contributed by atoms with Crippen molar-refractivity contribution in [3.8, 4) is 0 Å². The van der Waals surface area contributed by atoms with Crippen molar-refractivity contribution in [1.82, 2.24) is 19.7 Å². The van der Waals surface area contributed by atoms with Crippen LogP contribution in [0.4, 0.5) is 0 Å². The fourth-order valence-corrected chi connectivity index (χ4v) is 4.95. The fraction of sp³-hybridized carbons (Fsp3) is 0.471. The Morgan fingerprint density at radius 2 is 2.04 bits per heavy atom. The number of carbonyl (C=O) groups is 1. The number of nitrogens with zero attached hydrogens (tertiary/aromatic N) is 4. The van der Waals surface area contributed by atoms with Gasteiger partial charge in [0.25, 0.3) is 0 Å². The van der Waals surface area contributed by atoms with E-state index in [4.69, 9.17) is 5.10 Å². The molecule has 0 spiro atoms. The molecule has 2 saturated heterocycles. The van der Waals surface area contributed by atoms with E-state index >= 15 is 0 Å². The van der Waals surface area contributed by atoms with Gasteiger partial charge >= 0.3 is 0 Å². The van der Waals surface area contributed by atoms with Gasteiger partial charge in [-0.25, -0.2) is 0 Å². The molecule has 2 fully saturated rings. The van der Waals surface area contributed by atoms with Gasteiger partial charge < -0.3 is 4.90 Å². The number of piperidine rings is 1. The molecule has 2 aliphatic heterocycles. The van der Waals surface area contributed by atoms with Gasteiger partial charge in [0, 0.05) is 24.0 Å². The van der Waals surface area contributed by atoms with Gasteiger partial charge in [0.05, 0.1) is 16.9 Å². The quantitative estimate of drug-likeness (QED) is 0.757. The van der Waals surface area contributed by atoms with Gasteiger partial charge in [-0.15, -0.1) is 0 Å². The maximum absolute atomic E-state index is 12.1. The average molecular weight is 375 g/mol. The molecule has 0 N–H and O–H groups in total. The van der Waals surface area contributed by atoms with Gasteiger partial charge in [-0.3, -0.25) is 14.5 Å². The summed E-state index contributed by atoms with van der Waals surface area (Å²) in [6.07, 6.45) is 7.37. The number of pyridine rings is 1. The van der Waals surface area contributed by atoms with Crippen LogP contribution in [0.3, 0.4) is 0 Å². The van der Waals surface area contributed by atoms with E-state index in [0.29, 0.717) is 18.1 Å². The third-order valence-corrected chi connectivity index (χ3v) is 5.81. The molecule has 120 valence electrons. The van der Waals surface area contributed by atoms with Crippen LogP contribution in [0.1, 0.15) is 37.4 Å². The largest absolute Gasteiger partial charge is 0.333 e. The Hall–Kier alpha value is -1.69. The monoisotopic (exact) mass is 374 g/mol. The molecule has 2 aromatic rings. The molecule has 0 saturated carbocycles. The maximum Gasteiger partial charge on any atom is 0.246 e. The molecule has 23 heavy (non-hydrogen) atoms. The SMILES string of the molecule is C=CC(=O)N1[C@@H]2CC[C@H]1CC(n1nc(Br)c3c(C)nccc31)C2. The molecule has 1 amide bonds. The van der Waals surface area contributed by atoms with Crippen LogP contribution in [0.2, 0.25) is 0 Å². The Morgan fingerprint density at radius 3 is 2.70 bits per heavy atom. The highest BCUT2D eigenvalue weighted by Crippen LogP contribution is 2.42. The van der Waals surface area contributed by atoms with Crippen molar-refractivity contribution in [3.63, 3.8) is 0 Å². The third-order valence-electron chi connectivity index (χ3n) is 5.25. The molecule has 3 atom stereocenters. The summed E-state index contributed by atoms with van der Waals surface area (Å²) in [5.74, 6) is 0.0718. The van der Waals surface area contributed by atoms with Crippen molar-refractivity contribution in [1.29, 1.82) is 0 Å². The Kier molecular flexibility index (Phi) is 3.52. The van der Waals surface area contributed by atoms with Crippen molar-refractivity contribution in [3.05, 3.63) is 35.2 Å². The third kappa shape index (κ3) is 2.23. The van der Waals surface area contributed by atoms with Crippen LogP contribution in [-0.4, -0.2) is 37.7 Å². The molecule has 0 aromatic carbocycles. The number of rotatable bonds is 2. The number of amides is 1. The molecule has 2 aliphatic rings. The van der Waals surface area contributed by atoms with Crippen LogP contribution < -0.4 is 0 Å². The molecular formula is C17H19BrN4O. The lowest BCUT2D eigenvalue weighted by Gasteiger charge is -2.38. The second kappa shape index (κ2) is 5.44. The van der Waals surface area contributed by atoms with E-state index in [1.165, 1.54) is 6.08 Å². The van der Waals surface area contributed by atoms with Crippen LogP contribution in [0.15, 0.2) is 29.5 Å². The van der Waals surface area contributed by atoms with E-state index in [1.807, 2.05) is 24.1 Å². The highest BCUT2D eigenvalue weighted by Gasteiger charge is 2.43. The Balaban J connectivity index is 1.71. The van der Waals surface area contributed by atoms with E-state index in [1.54, 1.807) is 0 Å². The standard InChI is InChI=1S/C17H19BrN4O/c1-3-15(23)21-11-4-5-12(21)9-13(8-11)22-14-6-7-19-10(2)16(14)17(18)20-22/h3,6-7,11-13H,1,4-5,8-9H2,2H3/t11-,12+,13?.